The Kier molecular flexibility index (Phi) is 5.17. The van der Waals surface area contributed by atoms with E-state index in [0.717, 1.165) is 5.69 Å². The summed E-state index contributed by atoms with van der Waals surface area (Å²) in [5, 5.41) is 2.64. The number of anilines is 1. The highest BCUT2D eigenvalue weighted by molar-refractivity contribution is 7.91. The van der Waals surface area contributed by atoms with Crippen molar-refractivity contribution in [3.8, 4) is 0 Å². The van der Waals surface area contributed by atoms with Gasteiger partial charge in [-0.3, -0.25) is 4.79 Å². The Bertz CT molecular complexity index is 727. The third kappa shape index (κ3) is 4.70. The van der Waals surface area contributed by atoms with Crippen molar-refractivity contribution >= 4 is 27.4 Å². The van der Waals surface area contributed by atoms with Gasteiger partial charge in [0.1, 0.15) is 0 Å². The van der Waals surface area contributed by atoms with Gasteiger partial charge in [0.25, 0.3) is 5.91 Å². The number of hydrogen-bond donors (Lipinski definition) is 1. The minimum atomic E-state index is -3.11. The number of hydrogen-bond acceptors (Lipinski definition) is 6. The number of ether oxygens (including phenoxy) is 1. The number of esters is 1. The number of amides is 1. The Balaban J connectivity index is 1.86. The van der Waals surface area contributed by atoms with E-state index >= 15 is 0 Å². The highest BCUT2D eigenvalue weighted by Gasteiger charge is 2.39. The molecule has 0 radical (unpaired) electrons. The van der Waals surface area contributed by atoms with Gasteiger partial charge in [0.15, 0.2) is 16.4 Å². The van der Waals surface area contributed by atoms with E-state index in [9.17, 15) is 18.0 Å². The first kappa shape index (κ1) is 18.3. The van der Waals surface area contributed by atoms with Crippen LogP contribution in [0.2, 0.25) is 0 Å². The molecule has 2 rings (SSSR count). The Morgan fingerprint density at radius 3 is 2.38 bits per heavy atom. The lowest BCUT2D eigenvalue weighted by molar-refractivity contribution is -0.125. The molecule has 1 fully saturated rings. The second kappa shape index (κ2) is 6.80. The molecule has 7 nitrogen and oxygen atoms in total. The summed E-state index contributed by atoms with van der Waals surface area (Å²) in [6.45, 7) is 1.24. The third-order valence-electron chi connectivity index (χ3n) is 3.90. The molecule has 1 N–H and O–H groups in total. The van der Waals surface area contributed by atoms with Crippen LogP contribution in [-0.2, 0) is 19.4 Å². The fourth-order valence-electron chi connectivity index (χ4n) is 2.59. The van der Waals surface area contributed by atoms with Crippen LogP contribution in [0.5, 0.6) is 0 Å². The average Bonchev–Trinajstić information content (AvgIpc) is 2.78. The van der Waals surface area contributed by atoms with Gasteiger partial charge in [-0.05, 0) is 37.6 Å². The molecule has 1 saturated heterocycles. The average molecular weight is 354 g/mol. The number of carbonyl (C=O) groups excluding carboxylic acids is 2. The summed E-state index contributed by atoms with van der Waals surface area (Å²) >= 11 is 0. The smallest absolute Gasteiger partial charge is 0.338 e. The van der Waals surface area contributed by atoms with Gasteiger partial charge in [0.05, 0.1) is 22.6 Å². The summed E-state index contributed by atoms with van der Waals surface area (Å²) in [5.74, 6) is -1.14. The molecule has 132 valence electrons. The van der Waals surface area contributed by atoms with Crippen LogP contribution in [0.15, 0.2) is 24.3 Å². The molecule has 0 spiro atoms. The standard InChI is InChI=1S/C16H22N2O5S/c1-16(8-9-24(21,22)11-16)17-14(19)10-23-15(20)12-4-6-13(7-5-12)18(2)3/h4-7H,8-11H2,1-3H3,(H,17,19)/t16-/m1/s1. The molecule has 1 atom stereocenters. The first-order valence-corrected chi connectivity index (χ1v) is 9.38. The molecule has 0 bridgehead atoms. The van der Waals surface area contributed by atoms with E-state index in [-0.39, 0.29) is 11.5 Å². The SMILES string of the molecule is CN(C)c1ccc(C(=O)OCC(=O)N[C@]2(C)CCS(=O)(=O)C2)cc1. The van der Waals surface area contributed by atoms with Crippen molar-refractivity contribution < 1.29 is 22.7 Å². The van der Waals surface area contributed by atoms with E-state index in [0.29, 0.717) is 12.0 Å². The number of rotatable bonds is 5. The van der Waals surface area contributed by atoms with Gasteiger partial charge in [-0.25, -0.2) is 13.2 Å². The van der Waals surface area contributed by atoms with Crippen molar-refractivity contribution in [3.63, 3.8) is 0 Å². The normalized spacial score (nSPS) is 22.0. The van der Waals surface area contributed by atoms with Crippen LogP contribution in [0.3, 0.4) is 0 Å². The zero-order chi connectivity index (χ0) is 18.0. The number of carbonyl (C=O) groups is 2. The lowest BCUT2D eigenvalue weighted by Crippen LogP contribution is -2.48. The Morgan fingerprint density at radius 2 is 1.88 bits per heavy atom. The molecule has 1 amide bonds. The number of benzene rings is 1. The molecule has 1 aromatic rings. The minimum absolute atomic E-state index is 0.0573. The van der Waals surface area contributed by atoms with Crippen LogP contribution in [0.25, 0.3) is 0 Å². The van der Waals surface area contributed by atoms with Crippen molar-refractivity contribution in [2.75, 3.05) is 37.1 Å². The summed E-state index contributed by atoms with van der Waals surface area (Å²) in [5.41, 5.74) is 0.498. The van der Waals surface area contributed by atoms with Crippen LogP contribution in [-0.4, -0.2) is 58.0 Å². The van der Waals surface area contributed by atoms with Gasteiger partial charge >= 0.3 is 5.97 Å². The molecule has 1 aliphatic rings. The number of sulfone groups is 1. The van der Waals surface area contributed by atoms with Crippen LogP contribution in [0, 0.1) is 0 Å². The zero-order valence-electron chi connectivity index (χ0n) is 14.0. The highest BCUT2D eigenvalue weighted by atomic mass is 32.2. The molecule has 1 aliphatic heterocycles. The summed E-state index contributed by atoms with van der Waals surface area (Å²) in [6, 6.07) is 6.81. The van der Waals surface area contributed by atoms with E-state index in [2.05, 4.69) is 5.32 Å². The van der Waals surface area contributed by atoms with E-state index in [1.54, 1.807) is 31.2 Å². The second-order valence-electron chi connectivity index (χ2n) is 6.47. The number of nitrogens with one attached hydrogen (secondary N) is 1. The molecule has 0 saturated carbocycles. The van der Waals surface area contributed by atoms with E-state index in [1.165, 1.54) is 0 Å². The van der Waals surface area contributed by atoms with Crippen LogP contribution >= 0.6 is 0 Å². The lowest BCUT2D eigenvalue weighted by Gasteiger charge is -2.23. The third-order valence-corrected chi connectivity index (χ3v) is 5.80. The summed E-state index contributed by atoms with van der Waals surface area (Å²) < 4.78 is 28.0. The molecular formula is C16H22N2O5S. The fourth-order valence-corrected chi connectivity index (χ4v) is 4.68. The lowest BCUT2D eigenvalue weighted by atomic mass is 10.0. The maximum absolute atomic E-state index is 11.9. The van der Waals surface area contributed by atoms with Gasteiger partial charge in [0, 0.05) is 19.8 Å². The molecule has 0 unspecified atom stereocenters. The topological polar surface area (TPSA) is 92.8 Å². The largest absolute Gasteiger partial charge is 0.452 e. The first-order valence-electron chi connectivity index (χ1n) is 7.56. The summed E-state index contributed by atoms with van der Waals surface area (Å²) in [4.78, 5) is 25.7. The fraction of sp³-hybridized carbons (Fsp3) is 0.500. The molecule has 8 heteroatoms. The van der Waals surface area contributed by atoms with Crippen LogP contribution < -0.4 is 10.2 Å². The maximum atomic E-state index is 11.9. The van der Waals surface area contributed by atoms with E-state index in [4.69, 9.17) is 4.74 Å². The van der Waals surface area contributed by atoms with E-state index in [1.807, 2.05) is 19.0 Å². The van der Waals surface area contributed by atoms with Crippen LogP contribution in [0.1, 0.15) is 23.7 Å². The summed E-state index contributed by atoms with van der Waals surface area (Å²) in [7, 11) is 0.669. The first-order chi connectivity index (χ1) is 11.1. The number of nitrogens with zero attached hydrogens (tertiary/aromatic N) is 1. The van der Waals surface area contributed by atoms with Gasteiger partial charge in [-0.15, -0.1) is 0 Å². The van der Waals surface area contributed by atoms with Crippen molar-refractivity contribution in [1.29, 1.82) is 0 Å². The predicted octanol–water partition coefficient (Wildman–Crippen LogP) is 0.603. The van der Waals surface area contributed by atoms with Gasteiger partial charge in [-0.1, -0.05) is 0 Å². The monoisotopic (exact) mass is 354 g/mol. The van der Waals surface area contributed by atoms with E-state index < -0.39 is 33.9 Å². The van der Waals surface area contributed by atoms with Crippen molar-refractivity contribution in [3.05, 3.63) is 29.8 Å². The van der Waals surface area contributed by atoms with Crippen molar-refractivity contribution in [1.82, 2.24) is 5.32 Å². The molecular weight excluding hydrogens is 332 g/mol. The van der Waals surface area contributed by atoms with Crippen molar-refractivity contribution in [2.45, 2.75) is 18.9 Å². The van der Waals surface area contributed by atoms with Gasteiger partial charge < -0.3 is 15.0 Å². The van der Waals surface area contributed by atoms with Gasteiger partial charge in [0.2, 0.25) is 0 Å². The van der Waals surface area contributed by atoms with Crippen LogP contribution in [0.4, 0.5) is 5.69 Å². The molecule has 1 heterocycles. The molecule has 24 heavy (non-hydrogen) atoms. The maximum Gasteiger partial charge on any atom is 0.338 e. The Morgan fingerprint density at radius 1 is 1.25 bits per heavy atom. The Hall–Kier alpha value is -2.09. The Labute approximate surface area is 141 Å². The molecule has 0 aliphatic carbocycles. The summed E-state index contributed by atoms with van der Waals surface area (Å²) in [6.07, 6.45) is 0.362. The highest BCUT2D eigenvalue weighted by Crippen LogP contribution is 2.22. The van der Waals surface area contributed by atoms with Gasteiger partial charge in [-0.2, -0.15) is 0 Å². The van der Waals surface area contributed by atoms with Crippen molar-refractivity contribution in [2.24, 2.45) is 0 Å². The second-order valence-corrected chi connectivity index (χ2v) is 8.65. The molecule has 1 aromatic carbocycles. The minimum Gasteiger partial charge on any atom is -0.452 e. The molecule has 0 aromatic heterocycles. The zero-order valence-corrected chi connectivity index (χ0v) is 14.9. The quantitative estimate of drug-likeness (QED) is 0.779. The predicted molar refractivity (Wildman–Crippen MR) is 90.9 cm³/mol.